The standard InChI is InChI=1S/C11H22N2O2/c1-8-11(14,4-5-15-8)7-13-10-3-2-9(12)6-10/h8-10,13-14H,2-7,12H2,1H3. The normalized spacial score (nSPS) is 46.2. The average Bonchev–Trinajstić information content (AvgIpc) is 2.73. The van der Waals surface area contributed by atoms with E-state index in [-0.39, 0.29) is 6.10 Å². The second-order valence-corrected chi connectivity index (χ2v) is 5.02. The molecule has 0 spiro atoms. The fourth-order valence-corrected chi connectivity index (χ4v) is 2.53. The molecular weight excluding hydrogens is 192 g/mol. The highest BCUT2D eigenvalue weighted by molar-refractivity contribution is 4.93. The topological polar surface area (TPSA) is 67.5 Å². The summed E-state index contributed by atoms with van der Waals surface area (Å²) in [5, 5.41) is 13.7. The molecule has 4 atom stereocenters. The Labute approximate surface area is 91.2 Å². The first-order valence-electron chi connectivity index (χ1n) is 5.93. The molecule has 0 radical (unpaired) electrons. The monoisotopic (exact) mass is 214 g/mol. The summed E-state index contributed by atoms with van der Waals surface area (Å²) >= 11 is 0. The van der Waals surface area contributed by atoms with Gasteiger partial charge in [0.05, 0.1) is 6.10 Å². The molecule has 0 aromatic rings. The van der Waals surface area contributed by atoms with Crippen molar-refractivity contribution < 1.29 is 9.84 Å². The van der Waals surface area contributed by atoms with Gasteiger partial charge in [-0.15, -0.1) is 0 Å². The van der Waals surface area contributed by atoms with Crippen molar-refractivity contribution >= 4 is 0 Å². The van der Waals surface area contributed by atoms with Gasteiger partial charge in [-0.3, -0.25) is 0 Å². The second-order valence-electron chi connectivity index (χ2n) is 5.02. The first-order valence-corrected chi connectivity index (χ1v) is 5.93. The van der Waals surface area contributed by atoms with Gasteiger partial charge in [0.1, 0.15) is 5.60 Å². The molecule has 1 aliphatic carbocycles. The lowest BCUT2D eigenvalue weighted by Gasteiger charge is -2.28. The Hall–Kier alpha value is -0.160. The van der Waals surface area contributed by atoms with Crippen LogP contribution in [0.1, 0.15) is 32.6 Å². The van der Waals surface area contributed by atoms with Gasteiger partial charge < -0.3 is 20.9 Å². The van der Waals surface area contributed by atoms with E-state index in [4.69, 9.17) is 10.5 Å². The van der Waals surface area contributed by atoms with Crippen molar-refractivity contribution in [1.29, 1.82) is 0 Å². The lowest BCUT2D eigenvalue weighted by Crippen LogP contribution is -2.48. The molecule has 0 bridgehead atoms. The molecule has 1 aliphatic heterocycles. The van der Waals surface area contributed by atoms with Crippen LogP contribution in [0.25, 0.3) is 0 Å². The van der Waals surface area contributed by atoms with Crippen LogP contribution in [-0.4, -0.2) is 42.0 Å². The molecule has 2 fully saturated rings. The molecule has 2 rings (SSSR count). The molecule has 1 heterocycles. The Morgan fingerprint density at radius 1 is 1.53 bits per heavy atom. The number of ether oxygens (including phenoxy) is 1. The van der Waals surface area contributed by atoms with Gasteiger partial charge in [-0.25, -0.2) is 0 Å². The van der Waals surface area contributed by atoms with Crippen molar-refractivity contribution in [3.8, 4) is 0 Å². The van der Waals surface area contributed by atoms with Crippen molar-refractivity contribution in [1.82, 2.24) is 5.32 Å². The first kappa shape index (κ1) is 11.3. The highest BCUT2D eigenvalue weighted by Gasteiger charge is 2.39. The fraction of sp³-hybridized carbons (Fsp3) is 1.00. The summed E-state index contributed by atoms with van der Waals surface area (Å²) < 4.78 is 5.39. The first-order chi connectivity index (χ1) is 7.10. The van der Waals surface area contributed by atoms with Crippen LogP contribution in [0.3, 0.4) is 0 Å². The predicted octanol–water partition coefficient (Wildman–Crippen LogP) is -0.00430. The molecule has 4 nitrogen and oxygen atoms in total. The van der Waals surface area contributed by atoms with E-state index >= 15 is 0 Å². The van der Waals surface area contributed by atoms with Crippen LogP contribution in [-0.2, 0) is 4.74 Å². The van der Waals surface area contributed by atoms with Gasteiger partial charge in [0.15, 0.2) is 0 Å². The van der Waals surface area contributed by atoms with Crippen LogP contribution < -0.4 is 11.1 Å². The SMILES string of the molecule is CC1OCCC1(O)CNC1CCC(N)C1. The summed E-state index contributed by atoms with van der Waals surface area (Å²) in [7, 11) is 0. The van der Waals surface area contributed by atoms with Crippen LogP contribution in [0.5, 0.6) is 0 Å². The number of aliphatic hydroxyl groups is 1. The van der Waals surface area contributed by atoms with Crippen LogP contribution in [0.2, 0.25) is 0 Å². The zero-order valence-electron chi connectivity index (χ0n) is 9.41. The third-order valence-electron chi connectivity index (χ3n) is 3.83. The Balaban J connectivity index is 1.77. The molecule has 2 aliphatic rings. The molecule has 4 heteroatoms. The summed E-state index contributed by atoms with van der Waals surface area (Å²) in [4.78, 5) is 0. The Kier molecular flexibility index (Phi) is 3.30. The van der Waals surface area contributed by atoms with Crippen LogP contribution >= 0.6 is 0 Å². The van der Waals surface area contributed by atoms with Crippen LogP contribution in [0.15, 0.2) is 0 Å². The summed E-state index contributed by atoms with van der Waals surface area (Å²) in [6.07, 6.45) is 3.94. The molecular formula is C11H22N2O2. The van der Waals surface area contributed by atoms with Crippen molar-refractivity contribution in [2.75, 3.05) is 13.2 Å². The van der Waals surface area contributed by atoms with E-state index in [1.807, 2.05) is 6.92 Å². The average molecular weight is 214 g/mol. The maximum Gasteiger partial charge on any atom is 0.105 e. The van der Waals surface area contributed by atoms with Gasteiger partial charge in [-0.05, 0) is 26.2 Å². The number of nitrogens with one attached hydrogen (secondary N) is 1. The maximum atomic E-state index is 10.3. The Morgan fingerprint density at radius 2 is 2.33 bits per heavy atom. The Bertz CT molecular complexity index is 225. The number of rotatable bonds is 3. The number of hydrogen-bond donors (Lipinski definition) is 3. The zero-order chi connectivity index (χ0) is 10.9. The molecule has 4 unspecified atom stereocenters. The van der Waals surface area contributed by atoms with Crippen molar-refractivity contribution in [2.24, 2.45) is 5.73 Å². The van der Waals surface area contributed by atoms with Gasteiger partial charge >= 0.3 is 0 Å². The minimum absolute atomic E-state index is 0.0555. The third kappa shape index (κ3) is 2.50. The van der Waals surface area contributed by atoms with E-state index in [1.165, 1.54) is 0 Å². The second kappa shape index (κ2) is 4.37. The molecule has 1 saturated heterocycles. The molecule has 15 heavy (non-hydrogen) atoms. The fourth-order valence-electron chi connectivity index (χ4n) is 2.53. The molecule has 0 aromatic carbocycles. The van der Waals surface area contributed by atoms with E-state index in [1.54, 1.807) is 0 Å². The number of hydrogen-bond acceptors (Lipinski definition) is 4. The van der Waals surface area contributed by atoms with Crippen LogP contribution in [0.4, 0.5) is 0 Å². The summed E-state index contributed by atoms with van der Waals surface area (Å²) in [6, 6.07) is 0.825. The van der Waals surface area contributed by atoms with Gasteiger partial charge in [-0.2, -0.15) is 0 Å². The minimum Gasteiger partial charge on any atom is -0.386 e. The third-order valence-corrected chi connectivity index (χ3v) is 3.83. The van der Waals surface area contributed by atoms with Crippen LogP contribution in [0, 0.1) is 0 Å². The van der Waals surface area contributed by atoms with Gasteiger partial charge in [0.25, 0.3) is 0 Å². The molecule has 1 saturated carbocycles. The molecule has 0 aromatic heterocycles. The summed E-state index contributed by atoms with van der Waals surface area (Å²) in [5.41, 5.74) is 5.17. The van der Waals surface area contributed by atoms with E-state index in [0.29, 0.717) is 25.2 Å². The molecule has 4 N–H and O–H groups in total. The van der Waals surface area contributed by atoms with E-state index in [2.05, 4.69) is 5.32 Å². The van der Waals surface area contributed by atoms with Crippen molar-refractivity contribution in [2.45, 2.75) is 56.4 Å². The quantitative estimate of drug-likeness (QED) is 0.618. The summed E-state index contributed by atoms with van der Waals surface area (Å²) in [6.45, 7) is 3.24. The largest absolute Gasteiger partial charge is 0.386 e. The van der Waals surface area contributed by atoms with Gasteiger partial charge in [0.2, 0.25) is 0 Å². The maximum absolute atomic E-state index is 10.3. The highest BCUT2D eigenvalue weighted by Crippen LogP contribution is 2.26. The van der Waals surface area contributed by atoms with Gasteiger partial charge in [-0.1, -0.05) is 0 Å². The van der Waals surface area contributed by atoms with E-state index in [0.717, 1.165) is 25.7 Å². The lowest BCUT2D eigenvalue weighted by atomic mass is 9.96. The Morgan fingerprint density at radius 3 is 2.87 bits per heavy atom. The van der Waals surface area contributed by atoms with E-state index in [9.17, 15) is 5.11 Å². The van der Waals surface area contributed by atoms with E-state index < -0.39 is 5.60 Å². The highest BCUT2D eigenvalue weighted by atomic mass is 16.5. The smallest absolute Gasteiger partial charge is 0.105 e. The predicted molar refractivity (Wildman–Crippen MR) is 58.6 cm³/mol. The van der Waals surface area contributed by atoms with Crippen molar-refractivity contribution in [3.63, 3.8) is 0 Å². The lowest BCUT2D eigenvalue weighted by molar-refractivity contribution is -0.0275. The minimum atomic E-state index is -0.674. The number of nitrogens with two attached hydrogens (primary N) is 1. The molecule has 0 amide bonds. The van der Waals surface area contributed by atoms with Crippen molar-refractivity contribution in [3.05, 3.63) is 0 Å². The summed E-state index contributed by atoms with van der Waals surface area (Å²) in [5.74, 6) is 0. The van der Waals surface area contributed by atoms with Gasteiger partial charge in [0, 0.05) is 31.7 Å². The molecule has 88 valence electrons. The zero-order valence-corrected chi connectivity index (χ0v) is 9.41.